The summed E-state index contributed by atoms with van der Waals surface area (Å²) in [6, 6.07) is 27.6. The number of benzene rings is 3. The van der Waals surface area contributed by atoms with Gasteiger partial charge in [0.2, 0.25) is 5.95 Å². The van der Waals surface area contributed by atoms with E-state index in [1.54, 1.807) is 0 Å². The number of aromatic nitrogens is 4. The first kappa shape index (κ1) is 17.4. The van der Waals surface area contributed by atoms with Crippen LogP contribution < -0.4 is 5.32 Å². The maximum absolute atomic E-state index is 4.19. The van der Waals surface area contributed by atoms with Crippen molar-refractivity contribution in [3.63, 3.8) is 0 Å². The van der Waals surface area contributed by atoms with Crippen LogP contribution in [0.5, 0.6) is 0 Å². The first-order valence-corrected chi connectivity index (χ1v) is 9.83. The summed E-state index contributed by atoms with van der Waals surface area (Å²) < 4.78 is 1.82. The zero-order valence-corrected chi connectivity index (χ0v) is 16.2. The smallest absolute Gasteiger partial charge is 0.248 e. The molecule has 1 aromatic heterocycles. The molecule has 0 saturated carbocycles. The van der Waals surface area contributed by atoms with E-state index in [-0.39, 0.29) is 6.04 Å². The standard InChI is InChI=1S/C24H21N5/c1-2-17-8-10-21(11-9-17)23-16-22(25-24-26-27-28-29(23)24)20-14-12-19(13-15-20)18-6-4-3-5-7-18/h3-16,23H,2H2,1H3,(H,25,26,28). The Labute approximate surface area is 169 Å². The van der Waals surface area contributed by atoms with Gasteiger partial charge in [0.05, 0.1) is 0 Å². The van der Waals surface area contributed by atoms with E-state index in [4.69, 9.17) is 0 Å². The molecule has 5 heteroatoms. The lowest BCUT2D eigenvalue weighted by atomic mass is 9.98. The summed E-state index contributed by atoms with van der Waals surface area (Å²) in [5.41, 5.74) is 7.01. The second-order valence-electron chi connectivity index (χ2n) is 7.14. The SMILES string of the molecule is CCc1ccc(C2C=C(c3ccc(-c4ccccc4)cc3)Nc3nnnn32)cc1. The van der Waals surface area contributed by atoms with E-state index in [2.05, 4.69) is 107 Å². The fourth-order valence-corrected chi connectivity index (χ4v) is 3.68. The fraction of sp³-hybridized carbons (Fsp3) is 0.125. The van der Waals surface area contributed by atoms with E-state index in [9.17, 15) is 0 Å². The summed E-state index contributed by atoms with van der Waals surface area (Å²) in [5, 5.41) is 15.6. The van der Waals surface area contributed by atoms with E-state index in [1.165, 1.54) is 16.7 Å². The minimum Gasteiger partial charge on any atom is -0.323 e. The molecule has 0 amide bonds. The van der Waals surface area contributed by atoms with Gasteiger partial charge in [-0.2, -0.15) is 4.68 Å². The first-order chi connectivity index (χ1) is 14.3. The number of nitrogens with zero attached hydrogens (tertiary/aromatic N) is 4. The molecule has 5 nitrogen and oxygen atoms in total. The summed E-state index contributed by atoms with van der Waals surface area (Å²) in [4.78, 5) is 0. The van der Waals surface area contributed by atoms with Crippen LogP contribution in [0.15, 0.2) is 84.9 Å². The Morgan fingerprint density at radius 1 is 0.828 bits per heavy atom. The minimum atomic E-state index is -0.0454. The molecule has 0 aliphatic carbocycles. The van der Waals surface area contributed by atoms with Crippen LogP contribution in [-0.4, -0.2) is 20.2 Å². The van der Waals surface area contributed by atoms with Crippen molar-refractivity contribution in [3.05, 3.63) is 102 Å². The molecule has 1 unspecified atom stereocenters. The van der Waals surface area contributed by atoms with Crippen LogP contribution >= 0.6 is 0 Å². The minimum absolute atomic E-state index is 0.0454. The van der Waals surface area contributed by atoms with Gasteiger partial charge in [0.15, 0.2) is 0 Å². The van der Waals surface area contributed by atoms with Crippen molar-refractivity contribution in [2.24, 2.45) is 0 Å². The van der Waals surface area contributed by atoms with E-state index in [0.29, 0.717) is 5.95 Å². The highest BCUT2D eigenvalue weighted by molar-refractivity contribution is 5.78. The average Bonchev–Trinajstić information content (AvgIpc) is 3.28. The van der Waals surface area contributed by atoms with Crippen molar-refractivity contribution < 1.29 is 0 Å². The van der Waals surface area contributed by atoms with Crippen LogP contribution in [0.3, 0.4) is 0 Å². The van der Waals surface area contributed by atoms with Gasteiger partial charge in [-0.25, -0.2) is 0 Å². The lowest BCUT2D eigenvalue weighted by molar-refractivity contribution is 0.585. The molecule has 29 heavy (non-hydrogen) atoms. The monoisotopic (exact) mass is 379 g/mol. The molecule has 1 atom stereocenters. The van der Waals surface area contributed by atoms with Gasteiger partial charge in [0.25, 0.3) is 0 Å². The second kappa shape index (κ2) is 7.36. The van der Waals surface area contributed by atoms with Gasteiger partial charge in [-0.05, 0) is 50.7 Å². The van der Waals surface area contributed by atoms with Crippen molar-refractivity contribution in [1.82, 2.24) is 20.2 Å². The maximum Gasteiger partial charge on any atom is 0.248 e. The summed E-state index contributed by atoms with van der Waals surface area (Å²) in [7, 11) is 0. The highest BCUT2D eigenvalue weighted by Crippen LogP contribution is 2.32. The molecule has 0 spiro atoms. The second-order valence-corrected chi connectivity index (χ2v) is 7.14. The third kappa shape index (κ3) is 3.31. The topological polar surface area (TPSA) is 55.6 Å². The maximum atomic E-state index is 4.19. The molecule has 0 fully saturated rings. The average molecular weight is 379 g/mol. The van der Waals surface area contributed by atoms with Gasteiger partial charge in [-0.3, -0.25) is 0 Å². The van der Waals surface area contributed by atoms with Crippen molar-refractivity contribution in [1.29, 1.82) is 0 Å². The predicted molar refractivity (Wildman–Crippen MR) is 115 cm³/mol. The number of tetrazole rings is 1. The molecule has 2 heterocycles. The molecule has 1 aliphatic heterocycles. The van der Waals surface area contributed by atoms with Gasteiger partial charge < -0.3 is 5.32 Å². The van der Waals surface area contributed by atoms with E-state index in [1.807, 2.05) is 10.7 Å². The van der Waals surface area contributed by atoms with E-state index < -0.39 is 0 Å². The number of hydrogen-bond acceptors (Lipinski definition) is 4. The van der Waals surface area contributed by atoms with Crippen molar-refractivity contribution in [2.75, 3.05) is 5.32 Å². The van der Waals surface area contributed by atoms with E-state index in [0.717, 1.165) is 23.2 Å². The van der Waals surface area contributed by atoms with E-state index >= 15 is 0 Å². The number of fused-ring (bicyclic) bond motifs is 1. The van der Waals surface area contributed by atoms with Crippen LogP contribution in [0, 0.1) is 0 Å². The quantitative estimate of drug-likeness (QED) is 0.545. The summed E-state index contributed by atoms with van der Waals surface area (Å²) in [5.74, 6) is 0.652. The largest absolute Gasteiger partial charge is 0.323 e. The van der Waals surface area contributed by atoms with Gasteiger partial charge in [0, 0.05) is 5.70 Å². The van der Waals surface area contributed by atoms with Crippen molar-refractivity contribution in [3.8, 4) is 11.1 Å². The molecule has 142 valence electrons. The van der Waals surface area contributed by atoms with Crippen LogP contribution in [0.2, 0.25) is 0 Å². The highest BCUT2D eigenvalue weighted by atomic mass is 15.6. The number of nitrogens with one attached hydrogen (secondary N) is 1. The summed E-state index contributed by atoms with van der Waals surface area (Å²) in [6.07, 6.45) is 3.21. The molecule has 1 aliphatic rings. The van der Waals surface area contributed by atoms with Gasteiger partial charge in [-0.1, -0.05) is 90.9 Å². The Morgan fingerprint density at radius 2 is 1.52 bits per heavy atom. The number of rotatable bonds is 4. The molecule has 1 N–H and O–H groups in total. The number of anilines is 1. The molecular weight excluding hydrogens is 358 g/mol. The molecule has 0 radical (unpaired) electrons. The Morgan fingerprint density at radius 3 is 2.24 bits per heavy atom. The lowest BCUT2D eigenvalue weighted by Gasteiger charge is -2.23. The summed E-state index contributed by atoms with van der Waals surface area (Å²) >= 11 is 0. The molecule has 4 aromatic rings. The Balaban J connectivity index is 1.50. The Kier molecular flexibility index (Phi) is 4.41. The van der Waals surface area contributed by atoms with Crippen LogP contribution in [0.1, 0.15) is 29.7 Å². The molecule has 5 rings (SSSR count). The fourth-order valence-electron chi connectivity index (χ4n) is 3.68. The van der Waals surface area contributed by atoms with Crippen LogP contribution in [0.4, 0.5) is 5.95 Å². The van der Waals surface area contributed by atoms with Crippen LogP contribution in [0.25, 0.3) is 16.8 Å². The van der Waals surface area contributed by atoms with Crippen molar-refractivity contribution >= 4 is 11.6 Å². The number of aryl methyl sites for hydroxylation is 1. The van der Waals surface area contributed by atoms with Crippen LogP contribution in [-0.2, 0) is 6.42 Å². The number of hydrogen-bond donors (Lipinski definition) is 1. The molecular formula is C24H21N5. The Bertz CT molecular complexity index is 1140. The third-order valence-electron chi connectivity index (χ3n) is 5.36. The first-order valence-electron chi connectivity index (χ1n) is 9.83. The predicted octanol–water partition coefficient (Wildman–Crippen LogP) is 4.96. The third-order valence-corrected chi connectivity index (χ3v) is 5.36. The molecule has 0 saturated heterocycles. The van der Waals surface area contributed by atoms with Crippen molar-refractivity contribution in [2.45, 2.75) is 19.4 Å². The summed E-state index contributed by atoms with van der Waals surface area (Å²) in [6.45, 7) is 2.16. The molecule has 0 bridgehead atoms. The Hall–Kier alpha value is -3.73. The highest BCUT2D eigenvalue weighted by Gasteiger charge is 2.24. The zero-order valence-electron chi connectivity index (χ0n) is 16.2. The zero-order chi connectivity index (χ0) is 19.6. The molecule has 3 aromatic carbocycles. The van der Waals surface area contributed by atoms with Gasteiger partial charge in [0.1, 0.15) is 6.04 Å². The normalized spacial score (nSPS) is 15.3. The number of allylic oxidation sites excluding steroid dienone is 1. The van der Waals surface area contributed by atoms with Gasteiger partial charge >= 0.3 is 0 Å². The van der Waals surface area contributed by atoms with Gasteiger partial charge in [-0.15, -0.1) is 0 Å². The lowest BCUT2D eigenvalue weighted by Crippen LogP contribution is -2.20.